The lowest BCUT2D eigenvalue weighted by molar-refractivity contribution is 0.0912. The Balaban J connectivity index is 1.97. The van der Waals surface area contributed by atoms with Gasteiger partial charge in [-0.25, -0.2) is 0 Å². The zero-order valence-corrected chi connectivity index (χ0v) is 11.0. The van der Waals surface area contributed by atoms with Gasteiger partial charge in [0.15, 0.2) is 0 Å². The molecule has 2 aromatic rings. The van der Waals surface area contributed by atoms with Gasteiger partial charge in [-0.3, -0.25) is 4.79 Å². The van der Waals surface area contributed by atoms with Crippen molar-refractivity contribution in [2.45, 2.75) is 12.5 Å². The summed E-state index contributed by atoms with van der Waals surface area (Å²) in [6.45, 7) is -0.116. The Morgan fingerprint density at radius 2 is 2.11 bits per heavy atom. The first-order valence-corrected chi connectivity index (χ1v) is 6.36. The maximum absolute atomic E-state index is 11.9. The normalized spacial score (nSPS) is 12.1. The lowest BCUT2D eigenvalue weighted by atomic mass is 10.1. The van der Waals surface area contributed by atoms with Crippen LogP contribution in [0.1, 0.15) is 16.1 Å². The molecular weight excluding hydrogens is 264 g/mol. The largest absolute Gasteiger partial charge is 0.394 e. The third-order valence-corrected chi connectivity index (χ3v) is 2.99. The Kier molecular flexibility index (Phi) is 4.60. The van der Waals surface area contributed by atoms with Gasteiger partial charge < -0.3 is 15.4 Å². The van der Waals surface area contributed by atoms with Crippen LogP contribution in [0.25, 0.3) is 0 Å². The van der Waals surface area contributed by atoms with Crippen LogP contribution in [-0.2, 0) is 6.42 Å². The molecule has 2 rings (SSSR count). The van der Waals surface area contributed by atoms with E-state index in [2.05, 4.69) is 10.3 Å². The highest BCUT2D eigenvalue weighted by molar-refractivity contribution is 6.30. The molecule has 0 aliphatic heterocycles. The molecule has 0 bridgehead atoms. The number of benzene rings is 1. The fraction of sp³-hybridized carbons (Fsp3) is 0.214. The Hall–Kier alpha value is -1.78. The number of amides is 1. The van der Waals surface area contributed by atoms with E-state index in [0.29, 0.717) is 17.1 Å². The molecule has 0 saturated heterocycles. The fourth-order valence-electron chi connectivity index (χ4n) is 1.82. The zero-order valence-electron chi connectivity index (χ0n) is 10.3. The average molecular weight is 279 g/mol. The smallest absolute Gasteiger partial charge is 0.268 e. The summed E-state index contributed by atoms with van der Waals surface area (Å²) in [5, 5.41) is 12.6. The third-order valence-electron chi connectivity index (χ3n) is 2.77. The molecule has 4 nitrogen and oxygen atoms in total. The molecule has 1 aromatic heterocycles. The van der Waals surface area contributed by atoms with Crippen molar-refractivity contribution < 1.29 is 9.90 Å². The van der Waals surface area contributed by atoms with Crippen molar-refractivity contribution in [1.82, 2.24) is 10.3 Å². The van der Waals surface area contributed by atoms with Crippen molar-refractivity contribution in [3.05, 3.63) is 58.9 Å². The van der Waals surface area contributed by atoms with E-state index >= 15 is 0 Å². The van der Waals surface area contributed by atoms with Crippen molar-refractivity contribution in [2.75, 3.05) is 6.61 Å². The quantitative estimate of drug-likeness (QED) is 0.783. The summed E-state index contributed by atoms with van der Waals surface area (Å²) in [6, 6.07) is 10.9. The van der Waals surface area contributed by atoms with E-state index in [1.165, 1.54) is 0 Å². The molecule has 0 saturated carbocycles. The number of aliphatic hydroxyl groups excluding tert-OH is 1. The van der Waals surface area contributed by atoms with Crippen molar-refractivity contribution in [2.24, 2.45) is 0 Å². The summed E-state index contributed by atoms with van der Waals surface area (Å²) in [5.41, 5.74) is 1.45. The van der Waals surface area contributed by atoms with Crippen LogP contribution < -0.4 is 5.32 Å². The van der Waals surface area contributed by atoms with Crippen LogP contribution in [0.2, 0.25) is 5.02 Å². The number of aromatic amines is 1. The van der Waals surface area contributed by atoms with Gasteiger partial charge in [0.05, 0.1) is 17.7 Å². The number of aliphatic hydroxyl groups is 1. The maximum atomic E-state index is 11.9. The molecule has 1 aromatic carbocycles. The first-order chi connectivity index (χ1) is 9.19. The minimum absolute atomic E-state index is 0.116. The van der Waals surface area contributed by atoms with E-state index in [-0.39, 0.29) is 18.6 Å². The van der Waals surface area contributed by atoms with Crippen LogP contribution in [0.4, 0.5) is 0 Å². The number of carbonyl (C=O) groups is 1. The third kappa shape index (κ3) is 3.84. The topological polar surface area (TPSA) is 65.1 Å². The summed E-state index contributed by atoms with van der Waals surface area (Å²) in [7, 11) is 0. The van der Waals surface area contributed by atoms with Crippen LogP contribution in [-0.4, -0.2) is 28.6 Å². The second-order valence-electron chi connectivity index (χ2n) is 4.27. The average Bonchev–Trinajstić information content (AvgIpc) is 2.86. The molecule has 5 heteroatoms. The molecular formula is C14H15ClN2O2. The van der Waals surface area contributed by atoms with Crippen molar-refractivity contribution in [3.63, 3.8) is 0 Å². The second kappa shape index (κ2) is 6.41. The van der Waals surface area contributed by atoms with Crippen LogP contribution in [0, 0.1) is 0 Å². The molecule has 0 aliphatic carbocycles. The number of halogens is 1. The SMILES string of the molecule is O=C(N[C@H](CO)Cc1ccccc1)c1cc(Cl)c[nH]1. The highest BCUT2D eigenvalue weighted by Crippen LogP contribution is 2.10. The molecule has 1 atom stereocenters. The predicted molar refractivity (Wildman–Crippen MR) is 74.3 cm³/mol. The van der Waals surface area contributed by atoms with Gasteiger partial charge in [-0.1, -0.05) is 41.9 Å². The van der Waals surface area contributed by atoms with E-state index < -0.39 is 0 Å². The van der Waals surface area contributed by atoms with Crippen LogP contribution in [0.5, 0.6) is 0 Å². The summed E-state index contributed by atoms with van der Waals surface area (Å²) in [4.78, 5) is 14.7. The van der Waals surface area contributed by atoms with Crippen LogP contribution in [0.3, 0.4) is 0 Å². The number of nitrogens with one attached hydrogen (secondary N) is 2. The van der Waals surface area contributed by atoms with Crippen molar-refractivity contribution in [1.29, 1.82) is 0 Å². The standard InChI is InChI=1S/C14H15ClN2O2/c15-11-7-13(16-8-11)14(19)17-12(9-18)6-10-4-2-1-3-5-10/h1-5,7-8,12,16,18H,6,9H2,(H,17,19)/t12-/m0/s1. The zero-order chi connectivity index (χ0) is 13.7. The van der Waals surface area contributed by atoms with Crippen molar-refractivity contribution >= 4 is 17.5 Å². The summed E-state index contributed by atoms with van der Waals surface area (Å²) in [5.74, 6) is -0.276. The van der Waals surface area contributed by atoms with Gasteiger partial charge in [-0.15, -0.1) is 0 Å². The van der Waals surface area contributed by atoms with Gasteiger partial charge in [0.25, 0.3) is 5.91 Å². The molecule has 0 aliphatic rings. The highest BCUT2D eigenvalue weighted by atomic mass is 35.5. The molecule has 3 N–H and O–H groups in total. The lowest BCUT2D eigenvalue weighted by Crippen LogP contribution is -2.39. The lowest BCUT2D eigenvalue weighted by Gasteiger charge is -2.15. The Labute approximate surface area is 116 Å². The van der Waals surface area contributed by atoms with Gasteiger partial charge in [0.2, 0.25) is 0 Å². The van der Waals surface area contributed by atoms with E-state index in [0.717, 1.165) is 5.56 Å². The second-order valence-corrected chi connectivity index (χ2v) is 4.71. The van der Waals surface area contributed by atoms with E-state index in [4.69, 9.17) is 11.6 Å². The Morgan fingerprint density at radius 3 is 2.68 bits per heavy atom. The van der Waals surface area contributed by atoms with E-state index in [1.54, 1.807) is 12.3 Å². The minimum Gasteiger partial charge on any atom is -0.394 e. The monoisotopic (exact) mass is 278 g/mol. The maximum Gasteiger partial charge on any atom is 0.268 e. The first-order valence-electron chi connectivity index (χ1n) is 5.98. The summed E-state index contributed by atoms with van der Waals surface area (Å²) < 4.78 is 0. The molecule has 100 valence electrons. The van der Waals surface area contributed by atoms with Crippen LogP contribution in [0.15, 0.2) is 42.6 Å². The molecule has 0 radical (unpaired) electrons. The molecule has 0 unspecified atom stereocenters. The number of rotatable bonds is 5. The van der Waals surface area contributed by atoms with Gasteiger partial charge in [0, 0.05) is 6.20 Å². The summed E-state index contributed by atoms with van der Waals surface area (Å²) in [6.07, 6.45) is 2.12. The molecule has 19 heavy (non-hydrogen) atoms. The molecule has 0 fully saturated rings. The minimum atomic E-state index is -0.322. The van der Waals surface area contributed by atoms with Crippen molar-refractivity contribution in [3.8, 4) is 0 Å². The van der Waals surface area contributed by atoms with E-state index in [9.17, 15) is 9.90 Å². The van der Waals surface area contributed by atoms with Gasteiger partial charge >= 0.3 is 0 Å². The highest BCUT2D eigenvalue weighted by Gasteiger charge is 2.14. The number of aromatic nitrogens is 1. The number of carbonyl (C=O) groups excluding carboxylic acids is 1. The number of H-pyrrole nitrogens is 1. The molecule has 1 amide bonds. The first kappa shape index (κ1) is 13.6. The molecule has 1 heterocycles. The van der Waals surface area contributed by atoms with E-state index in [1.807, 2.05) is 30.3 Å². The Bertz CT molecular complexity index is 539. The Morgan fingerprint density at radius 1 is 1.37 bits per heavy atom. The molecule has 0 spiro atoms. The van der Waals surface area contributed by atoms with Gasteiger partial charge in [-0.2, -0.15) is 0 Å². The van der Waals surface area contributed by atoms with Crippen LogP contribution >= 0.6 is 11.6 Å². The number of hydrogen-bond donors (Lipinski definition) is 3. The van der Waals surface area contributed by atoms with Gasteiger partial charge in [-0.05, 0) is 18.1 Å². The number of hydrogen-bond acceptors (Lipinski definition) is 2. The van der Waals surface area contributed by atoms with Gasteiger partial charge in [0.1, 0.15) is 5.69 Å². The predicted octanol–water partition coefficient (Wildman–Crippen LogP) is 2.00. The summed E-state index contributed by atoms with van der Waals surface area (Å²) >= 11 is 5.74. The fourth-order valence-corrected chi connectivity index (χ4v) is 1.99.